The molecule has 1 unspecified atom stereocenters. The summed E-state index contributed by atoms with van der Waals surface area (Å²) in [7, 11) is 0. The molecule has 3 nitrogen and oxygen atoms in total. The molecule has 3 heteroatoms. The summed E-state index contributed by atoms with van der Waals surface area (Å²) < 4.78 is 5.78. The highest BCUT2D eigenvalue weighted by Gasteiger charge is 2.28. The van der Waals surface area contributed by atoms with E-state index in [-0.39, 0.29) is 18.0 Å². The lowest BCUT2D eigenvalue weighted by Crippen LogP contribution is -2.36. The quantitative estimate of drug-likeness (QED) is 0.830. The van der Waals surface area contributed by atoms with Crippen molar-refractivity contribution >= 4 is 5.97 Å². The summed E-state index contributed by atoms with van der Waals surface area (Å²) >= 11 is 0. The Labute approximate surface area is 114 Å². The molecule has 1 aliphatic carbocycles. The molecule has 0 spiro atoms. The Morgan fingerprint density at radius 3 is 2.95 bits per heavy atom. The van der Waals surface area contributed by atoms with Crippen molar-refractivity contribution in [1.29, 1.82) is 0 Å². The number of fused-ring (bicyclic) bond motifs is 1. The maximum absolute atomic E-state index is 12.2. The minimum Gasteiger partial charge on any atom is -0.457 e. The van der Waals surface area contributed by atoms with E-state index in [1.807, 2.05) is 6.07 Å². The third kappa shape index (κ3) is 2.81. The standard InChI is InChI=1S/C16H21NO2/c18-16(13-7-4-10-17-11-13)19-15-9-3-6-12-5-1-2-8-14(12)15/h1-2,5,8,13,15,17H,3-4,6-7,9-11H2/t13-,15?/m1/s1. The molecule has 19 heavy (non-hydrogen) atoms. The molecule has 1 aliphatic heterocycles. The van der Waals surface area contributed by atoms with Gasteiger partial charge < -0.3 is 10.1 Å². The number of carbonyl (C=O) groups is 1. The van der Waals surface area contributed by atoms with E-state index in [1.54, 1.807) is 0 Å². The summed E-state index contributed by atoms with van der Waals surface area (Å²) in [6.07, 6.45) is 5.18. The number of hydrogen-bond donors (Lipinski definition) is 1. The van der Waals surface area contributed by atoms with E-state index in [1.165, 1.54) is 11.1 Å². The van der Waals surface area contributed by atoms with E-state index in [4.69, 9.17) is 4.74 Å². The Hall–Kier alpha value is -1.35. The lowest BCUT2D eigenvalue weighted by molar-refractivity contribution is -0.155. The summed E-state index contributed by atoms with van der Waals surface area (Å²) in [6.45, 7) is 1.79. The number of ether oxygens (including phenoxy) is 1. The molecule has 102 valence electrons. The number of hydrogen-bond acceptors (Lipinski definition) is 3. The van der Waals surface area contributed by atoms with Crippen LogP contribution in [0.25, 0.3) is 0 Å². The molecule has 2 aliphatic rings. The monoisotopic (exact) mass is 259 g/mol. The number of esters is 1. The molecule has 1 heterocycles. The van der Waals surface area contributed by atoms with Crippen LogP contribution in [0.4, 0.5) is 0 Å². The third-order valence-electron chi connectivity index (χ3n) is 4.20. The largest absolute Gasteiger partial charge is 0.457 e. The van der Waals surface area contributed by atoms with Crippen LogP contribution in [0.15, 0.2) is 24.3 Å². The minimum absolute atomic E-state index is 0.0195. The number of benzene rings is 1. The molecule has 0 radical (unpaired) electrons. The Kier molecular flexibility index (Phi) is 3.83. The molecule has 0 amide bonds. The zero-order chi connectivity index (χ0) is 13.1. The van der Waals surface area contributed by atoms with Crippen molar-refractivity contribution in [3.05, 3.63) is 35.4 Å². The summed E-state index contributed by atoms with van der Waals surface area (Å²) in [5, 5.41) is 3.27. The van der Waals surface area contributed by atoms with Gasteiger partial charge in [-0.2, -0.15) is 0 Å². The highest BCUT2D eigenvalue weighted by molar-refractivity contribution is 5.73. The second kappa shape index (κ2) is 5.74. The number of piperidine rings is 1. The van der Waals surface area contributed by atoms with Crippen molar-refractivity contribution in [2.45, 2.75) is 38.2 Å². The molecule has 2 atom stereocenters. The first-order valence-corrected chi connectivity index (χ1v) is 7.33. The van der Waals surface area contributed by atoms with Crippen molar-refractivity contribution in [1.82, 2.24) is 5.32 Å². The number of carbonyl (C=O) groups excluding carboxylic acids is 1. The van der Waals surface area contributed by atoms with Crippen molar-refractivity contribution in [2.24, 2.45) is 5.92 Å². The van der Waals surface area contributed by atoms with Gasteiger partial charge in [0.05, 0.1) is 5.92 Å². The predicted molar refractivity (Wildman–Crippen MR) is 73.8 cm³/mol. The van der Waals surface area contributed by atoms with Gasteiger partial charge in [0.25, 0.3) is 0 Å². The van der Waals surface area contributed by atoms with Gasteiger partial charge in [0.15, 0.2) is 0 Å². The van der Waals surface area contributed by atoms with Gasteiger partial charge in [0.1, 0.15) is 6.10 Å². The van der Waals surface area contributed by atoms with E-state index in [9.17, 15) is 4.79 Å². The van der Waals surface area contributed by atoms with Gasteiger partial charge in [-0.05, 0) is 49.8 Å². The lowest BCUT2D eigenvalue weighted by atomic mass is 9.89. The fourth-order valence-electron chi connectivity index (χ4n) is 3.12. The Bertz CT molecular complexity index is 452. The van der Waals surface area contributed by atoms with E-state index >= 15 is 0 Å². The molecule has 0 bridgehead atoms. The van der Waals surface area contributed by atoms with Crippen LogP contribution >= 0.6 is 0 Å². The van der Waals surface area contributed by atoms with Crippen LogP contribution in [0.3, 0.4) is 0 Å². The van der Waals surface area contributed by atoms with Gasteiger partial charge in [-0.25, -0.2) is 0 Å². The van der Waals surface area contributed by atoms with E-state index in [2.05, 4.69) is 23.5 Å². The van der Waals surface area contributed by atoms with Crippen molar-refractivity contribution in [2.75, 3.05) is 13.1 Å². The Morgan fingerprint density at radius 1 is 1.21 bits per heavy atom. The van der Waals surface area contributed by atoms with Gasteiger partial charge in [0, 0.05) is 6.54 Å². The van der Waals surface area contributed by atoms with Crippen LogP contribution in [0.5, 0.6) is 0 Å². The van der Waals surface area contributed by atoms with E-state index in [0.717, 1.165) is 45.2 Å². The molecule has 0 aromatic heterocycles. The van der Waals surface area contributed by atoms with E-state index in [0.29, 0.717) is 0 Å². The molecule has 3 rings (SSSR count). The maximum Gasteiger partial charge on any atom is 0.310 e. The topological polar surface area (TPSA) is 38.3 Å². The Morgan fingerprint density at radius 2 is 2.11 bits per heavy atom. The van der Waals surface area contributed by atoms with Crippen molar-refractivity contribution in [3.8, 4) is 0 Å². The first-order valence-electron chi connectivity index (χ1n) is 7.33. The first-order chi connectivity index (χ1) is 9.34. The van der Waals surface area contributed by atoms with E-state index < -0.39 is 0 Å². The SMILES string of the molecule is O=C(OC1CCCc2ccccc21)[C@@H]1CCCNC1. The molecule has 1 N–H and O–H groups in total. The smallest absolute Gasteiger partial charge is 0.310 e. The molecule has 1 aromatic carbocycles. The van der Waals surface area contributed by atoms with Gasteiger partial charge in [-0.15, -0.1) is 0 Å². The third-order valence-corrected chi connectivity index (χ3v) is 4.20. The second-order valence-corrected chi connectivity index (χ2v) is 5.56. The summed E-state index contributed by atoms with van der Waals surface area (Å²) in [5.41, 5.74) is 2.55. The molecule has 1 saturated heterocycles. The van der Waals surface area contributed by atoms with Gasteiger partial charge in [0.2, 0.25) is 0 Å². The normalized spacial score (nSPS) is 26.5. The van der Waals surface area contributed by atoms with Gasteiger partial charge in [-0.3, -0.25) is 4.79 Å². The van der Waals surface area contributed by atoms with Gasteiger partial charge >= 0.3 is 5.97 Å². The van der Waals surface area contributed by atoms with Crippen LogP contribution in [0.2, 0.25) is 0 Å². The second-order valence-electron chi connectivity index (χ2n) is 5.56. The minimum atomic E-state index is -0.0284. The average molecular weight is 259 g/mol. The molecular weight excluding hydrogens is 238 g/mol. The van der Waals surface area contributed by atoms with Crippen molar-refractivity contribution < 1.29 is 9.53 Å². The Balaban J connectivity index is 1.68. The fourth-order valence-corrected chi connectivity index (χ4v) is 3.12. The van der Waals surface area contributed by atoms with Crippen LogP contribution in [-0.2, 0) is 16.0 Å². The number of rotatable bonds is 2. The summed E-state index contributed by atoms with van der Waals surface area (Å²) in [5.74, 6) is 0.0248. The van der Waals surface area contributed by atoms with Crippen molar-refractivity contribution in [3.63, 3.8) is 0 Å². The highest BCUT2D eigenvalue weighted by Crippen LogP contribution is 2.33. The zero-order valence-electron chi connectivity index (χ0n) is 11.2. The van der Waals surface area contributed by atoms with Crippen LogP contribution in [0, 0.1) is 5.92 Å². The number of nitrogens with one attached hydrogen (secondary N) is 1. The van der Waals surface area contributed by atoms with Crippen LogP contribution in [-0.4, -0.2) is 19.1 Å². The average Bonchev–Trinajstić information content (AvgIpc) is 2.48. The summed E-state index contributed by atoms with van der Waals surface area (Å²) in [4.78, 5) is 12.2. The molecule has 0 saturated carbocycles. The zero-order valence-corrected chi connectivity index (χ0v) is 11.2. The summed E-state index contributed by atoms with van der Waals surface area (Å²) in [6, 6.07) is 8.35. The molecule has 1 fully saturated rings. The van der Waals surface area contributed by atoms with Crippen LogP contribution < -0.4 is 5.32 Å². The predicted octanol–water partition coefficient (Wildman–Crippen LogP) is 2.61. The highest BCUT2D eigenvalue weighted by atomic mass is 16.5. The number of aryl methyl sites for hydroxylation is 1. The lowest BCUT2D eigenvalue weighted by Gasteiger charge is -2.28. The molecular formula is C16H21NO2. The maximum atomic E-state index is 12.2. The molecule has 1 aromatic rings. The van der Waals surface area contributed by atoms with Gasteiger partial charge in [-0.1, -0.05) is 24.3 Å². The first kappa shape index (κ1) is 12.7. The fraction of sp³-hybridized carbons (Fsp3) is 0.562. The van der Waals surface area contributed by atoms with Crippen LogP contribution in [0.1, 0.15) is 42.9 Å².